The molecule has 1 aliphatic rings. The van der Waals surface area contributed by atoms with Crippen molar-refractivity contribution in [3.63, 3.8) is 0 Å². The van der Waals surface area contributed by atoms with Crippen LogP contribution >= 0.6 is 11.8 Å². The van der Waals surface area contributed by atoms with Gasteiger partial charge in [-0.3, -0.25) is 9.69 Å². The summed E-state index contributed by atoms with van der Waals surface area (Å²) in [5.74, 6) is 0.134. The lowest BCUT2D eigenvalue weighted by molar-refractivity contribution is -0.126. The van der Waals surface area contributed by atoms with Gasteiger partial charge in [0.1, 0.15) is 0 Å². The molecule has 2 aromatic carbocycles. The van der Waals surface area contributed by atoms with Gasteiger partial charge in [0.2, 0.25) is 5.91 Å². The van der Waals surface area contributed by atoms with Crippen LogP contribution in [-0.4, -0.2) is 27.4 Å². The van der Waals surface area contributed by atoms with Gasteiger partial charge in [0.15, 0.2) is 5.17 Å². The Labute approximate surface area is 165 Å². The van der Waals surface area contributed by atoms with E-state index in [4.69, 9.17) is 0 Å². The smallest absolute Gasteiger partial charge is 0.242 e. The van der Waals surface area contributed by atoms with E-state index in [0.717, 1.165) is 24.0 Å². The second-order valence-corrected chi connectivity index (χ2v) is 7.95. The predicted molar refractivity (Wildman–Crippen MR) is 114 cm³/mol. The Kier molecular flexibility index (Phi) is 6.45. The van der Waals surface area contributed by atoms with Crippen molar-refractivity contribution in [2.45, 2.75) is 45.4 Å². The minimum atomic E-state index is -0.0626. The van der Waals surface area contributed by atoms with Crippen LogP contribution in [0.1, 0.15) is 42.0 Å². The van der Waals surface area contributed by atoms with Crippen molar-refractivity contribution < 1.29 is 4.79 Å². The van der Waals surface area contributed by atoms with Crippen molar-refractivity contribution in [3.05, 3.63) is 70.8 Å². The standard InChI is InChI=1S/C22H25N3OS/c1-4-7-20-21(26)25(15-19-9-6-5-8-17(19)3)22(27-20)24-23-14-18-12-10-16(2)11-13-18/h5-6,8-14,20H,4,7,15H2,1-3H3/b23-14+,24-22+. The summed E-state index contributed by atoms with van der Waals surface area (Å²) in [5, 5.41) is 9.25. The number of hydrogen-bond acceptors (Lipinski definition) is 4. The summed E-state index contributed by atoms with van der Waals surface area (Å²) in [7, 11) is 0. The van der Waals surface area contributed by atoms with Gasteiger partial charge in [-0.15, -0.1) is 5.10 Å². The number of hydrogen-bond donors (Lipinski definition) is 0. The summed E-state index contributed by atoms with van der Waals surface area (Å²) in [5.41, 5.74) is 4.52. The van der Waals surface area contributed by atoms with Crippen molar-refractivity contribution in [2.24, 2.45) is 10.2 Å². The molecule has 0 N–H and O–H groups in total. The Morgan fingerprint density at radius 3 is 2.56 bits per heavy atom. The average Bonchev–Trinajstić information content (AvgIpc) is 2.95. The maximum Gasteiger partial charge on any atom is 0.242 e. The number of aryl methyl sites for hydroxylation is 2. The summed E-state index contributed by atoms with van der Waals surface area (Å²) in [6.07, 6.45) is 3.56. The first-order valence-electron chi connectivity index (χ1n) is 9.28. The van der Waals surface area contributed by atoms with Gasteiger partial charge in [-0.1, -0.05) is 79.2 Å². The van der Waals surface area contributed by atoms with E-state index in [1.54, 1.807) is 11.1 Å². The van der Waals surface area contributed by atoms with Gasteiger partial charge in [-0.25, -0.2) is 0 Å². The van der Waals surface area contributed by atoms with Gasteiger partial charge in [-0.05, 0) is 37.0 Å². The molecule has 1 saturated heterocycles. The number of rotatable bonds is 6. The Hall–Kier alpha value is -2.40. The highest BCUT2D eigenvalue weighted by Crippen LogP contribution is 2.32. The molecule has 1 fully saturated rings. The number of thioether (sulfide) groups is 1. The minimum Gasteiger partial charge on any atom is -0.284 e. The quantitative estimate of drug-likeness (QED) is 0.527. The fraction of sp³-hybridized carbons (Fsp3) is 0.318. The molecule has 0 aliphatic carbocycles. The van der Waals surface area contributed by atoms with E-state index < -0.39 is 0 Å². The van der Waals surface area contributed by atoms with Crippen LogP contribution in [0.2, 0.25) is 0 Å². The molecule has 1 aliphatic heterocycles. The van der Waals surface area contributed by atoms with Crippen LogP contribution in [0.15, 0.2) is 58.7 Å². The molecular weight excluding hydrogens is 354 g/mol. The van der Waals surface area contributed by atoms with Crippen LogP contribution in [-0.2, 0) is 11.3 Å². The zero-order valence-electron chi connectivity index (χ0n) is 16.1. The Morgan fingerprint density at radius 2 is 1.85 bits per heavy atom. The second-order valence-electron chi connectivity index (χ2n) is 6.78. The summed E-state index contributed by atoms with van der Waals surface area (Å²) < 4.78 is 0. The minimum absolute atomic E-state index is 0.0626. The third-order valence-electron chi connectivity index (χ3n) is 4.59. The molecule has 2 aromatic rings. The van der Waals surface area contributed by atoms with E-state index in [1.807, 2.05) is 36.4 Å². The highest BCUT2D eigenvalue weighted by Gasteiger charge is 2.37. The number of carbonyl (C=O) groups excluding carboxylic acids is 1. The van der Waals surface area contributed by atoms with Crippen molar-refractivity contribution in [3.8, 4) is 0 Å². The maximum absolute atomic E-state index is 12.9. The van der Waals surface area contributed by atoms with E-state index >= 15 is 0 Å². The van der Waals surface area contributed by atoms with Crippen molar-refractivity contribution >= 4 is 29.1 Å². The van der Waals surface area contributed by atoms with E-state index in [9.17, 15) is 4.79 Å². The molecule has 140 valence electrons. The number of amides is 1. The summed E-state index contributed by atoms with van der Waals surface area (Å²) in [6, 6.07) is 16.3. The number of carbonyl (C=O) groups is 1. The lowest BCUT2D eigenvalue weighted by Crippen LogP contribution is -2.31. The van der Waals surface area contributed by atoms with Crippen molar-refractivity contribution in [1.29, 1.82) is 0 Å². The number of amidine groups is 1. The van der Waals surface area contributed by atoms with Crippen LogP contribution in [0.25, 0.3) is 0 Å². The first kappa shape index (κ1) is 19.4. The van der Waals surface area contributed by atoms with Gasteiger partial charge >= 0.3 is 0 Å². The van der Waals surface area contributed by atoms with Crippen LogP contribution in [0.4, 0.5) is 0 Å². The lowest BCUT2D eigenvalue weighted by atomic mass is 10.1. The van der Waals surface area contributed by atoms with E-state index in [-0.39, 0.29) is 11.2 Å². The highest BCUT2D eigenvalue weighted by molar-refractivity contribution is 8.15. The van der Waals surface area contributed by atoms with Gasteiger partial charge in [0, 0.05) is 0 Å². The number of nitrogens with zero attached hydrogens (tertiary/aromatic N) is 3. The normalized spacial score (nSPS) is 18.8. The Bertz CT molecular complexity index is 858. The lowest BCUT2D eigenvalue weighted by Gasteiger charge is -2.17. The largest absolute Gasteiger partial charge is 0.284 e. The Morgan fingerprint density at radius 1 is 1.11 bits per heavy atom. The van der Waals surface area contributed by atoms with Crippen molar-refractivity contribution in [2.75, 3.05) is 0 Å². The zero-order chi connectivity index (χ0) is 19.2. The molecule has 4 nitrogen and oxygen atoms in total. The second kappa shape index (κ2) is 9.00. The predicted octanol–water partition coefficient (Wildman–Crippen LogP) is 4.94. The molecule has 0 bridgehead atoms. The number of benzene rings is 2. The molecule has 0 aromatic heterocycles. The fourth-order valence-corrected chi connectivity index (χ4v) is 4.14. The maximum atomic E-state index is 12.9. The van der Waals surface area contributed by atoms with Crippen LogP contribution in [0.5, 0.6) is 0 Å². The first-order chi connectivity index (χ1) is 13.1. The zero-order valence-corrected chi connectivity index (χ0v) is 16.9. The van der Waals surface area contributed by atoms with Crippen LogP contribution in [0, 0.1) is 13.8 Å². The molecule has 1 atom stereocenters. The summed E-state index contributed by atoms with van der Waals surface area (Å²) in [4.78, 5) is 14.6. The summed E-state index contributed by atoms with van der Waals surface area (Å²) >= 11 is 1.53. The molecule has 27 heavy (non-hydrogen) atoms. The molecule has 0 radical (unpaired) electrons. The third kappa shape index (κ3) is 4.86. The fourth-order valence-electron chi connectivity index (χ4n) is 2.93. The van der Waals surface area contributed by atoms with Gasteiger partial charge in [0.05, 0.1) is 18.0 Å². The van der Waals surface area contributed by atoms with Gasteiger partial charge in [-0.2, -0.15) is 5.10 Å². The van der Waals surface area contributed by atoms with Crippen LogP contribution < -0.4 is 0 Å². The average molecular weight is 380 g/mol. The third-order valence-corrected chi connectivity index (χ3v) is 5.82. The molecule has 5 heteroatoms. The van der Waals surface area contributed by atoms with Crippen LogP contribution in [0.3, 0.4) is 0 Å². The molecule has 1 heterocycles. The SMILES string of the molecule is CCCC1S/C(=N/N=C/c2ccc(C)cc2)N(Cc2ccccc2C)C1=O. The van der Waals surface area contributed by atoms with E-state index in [0.29, 0.717) is 11.7 Å². The molecule has 1 unspecified atom stereocenters. The molecular formula is C22H25N3OS. The molecule has 1 amide bonds. The van der Waals surface area contributed by atoms with Gasteiger partial charge in [0.25, 0.3) is 0 Å². The van der Waals surface area contributed by atoms with Crippen molar-refractivity contribution in [1.82, 2.24) is 4.90 Å². The Balaban J connectivity index is 1.82. The van der Waals surface area contributed by atoms with E-state index in [1.165, 1.54) is 22.9 Å². The first-order valence-corrected chi connectivity index (χ1v) is 10.2. The monoisotopic (exact) mass is 379 g/mol. The molecule has 0 saturated carbocycles. The van der Waals surface area contributed by atoms with Gasteiger partial charge < -0.3 is 0 Å². The molecule has 0 spiro atoms. The molecule has 3 rings (SSSR count). The van der Waals surface area contributed by atoms with E-state index in [2.05, 4.69) is 43.1 Å². The summed E-state index contributed by atoms with van der Waals surface area (Å²) in [6.45, 7) is 6.76. The highest BCUT2D eigenvalue weighted by atomic mass is 32.2. The topological polar surface area (TPSA) is 45.0 Å².